The molecule has 3 rings (SSSR count). The number of amides is 1. The van der Waals surface area contributed by atoms with Crippen molar-refractivity contribution in [3.05, 3.63) is 69.6 Å². The van der Waals surface area contributed by atoms with Crippen LogP contribution in [0, 0.1) is 0 Å². The highest BCUT2D eigenvalue weighted by molar-refractivity contribution is 7.97. The van der Waals surface area contributed by atoms with Gasteiger partial charge in [0.15, 0.2) is 4.91 Å². The molecule has 1 heterocycles. The Balaban J connectivity index is 2.32. The number of fused-ring (bicyclic) bond motifs is 1. The molecule has 0 bridgehead atoms. The molecule has 5 nitrogen and oxygen atoms in total. The summed E-state index contributed by atoms with van der Waals surface area (Å²) in [7, 11) is -4.02. The van der Waals surface area contributed by atoms with Crippen LogP contribution in [-0.4, -0.2) is 27.4 Å². The third-order valence-corrected chi connectivity index (χ3v) is 6.82. The number of halogens is 1. The fourth-order valence-corrected chi connectivity index (χ4v) is 5.28. The minimum atomic E-state index is -4.02. The number of anilines is 1. The number of benzene rings is 2. The van der Waals surface area contributed by atoms with E-state index >= 15 is 0 Å². The molecule has 7 heteroatoms. The molecular weight excluding hydrogens is 396 g/mol. The molecule has 0 spiro atoms. The SMILES string of the molecule is CCCCNC(=O)C1=C(c2ccccc2)c2cc(Cl)ccc2N(CC)S1(=O)=O. The lowest BCUT2D eigenvalue weighted by Gasteiger charge is -2.33. The monoisotopic (exact) mass is 418 g/mol. The zero-order valence-corrected chi connectivity index (χ0v) is 17.5. The number of carbonyl (C=O) groups is 1. The van der Waals surface area contributed by atoms with Crippen LogP contribution in [0.3, 0.4) is 0 Å². The molecule has 148 valence electrons. The molecule has 0 saturated carbocycles. The van der Waals surface area contributed by atoms with Crippen molar-refractivity contribution in [2.75, 3.05) is 17.4 Å². The number of sulfonamides is 1. The highest BCUT2D eigenvalue weighted by atomic mass is 35.5. The molecule has 0 unspecified atom stereocenters. The van der Waals surface area contributed by atoms with Gasteiger partial charge in [-0.2, -0.15) is 0 Å². The number of nitrogens with one attached hydrogen (secondary N) is 1. The summed E-state index contributed by atoms with van der Waals surface area (Å²) >= 11 is 6.23. The number of unbranched alkanes of at least 4 members (excludes halogenated alkanes) is 1. The molecule has 28 heavy (non-hydrogen) atoms. The summed E-state index contributed by atoms with van der Waals surface area (Å²) in [5.41, 5.74) is 2.20. The maximum atomic E-state index is 13.4. The molecule has 2 aromatic carbocycles. The van der Waals surface area contributed by atoms with Crippen molar-refractivity contribution >= 4 is 38.8 Å². The number of carbonyl (C=O) groups excluding carboxylic acids is 1. The summed E-state index contributed by atoms with van der Waals surface area (Å²) in [6, 6.07) is 14.2. The first-order chi connectivity index (χ1) is 13.4. The Kier molecular flexibility index (Phi) is 6.10. The summed E-state index contributed by atoms with van der Waals surface area (Å²) in [4.78, 5) is 12.8. The van der Waals surface area contributed by atoms with E-state index in [0.717, 1.165) is 12.8 Å². The lowest BCUT2D eigenvalue weighted by molar-refractivity contribution is -0.116. The first-order valence-corrected chi connectivity index (χ1v) is 11.1. The van der Waals surface area contributed by atoms with Gasteiger partial charge in [-0.25, -0.2) is 8.42 Å². The van der Waals surface area contributed by atoms with E-state index in [1.807, 2.05) is 25.1 Å². The van der Waals surface area contributed by atoms with Crippen molar-refractivity contribution in [3.8, 4) is 0 Å². The van der Waals surface area contributed by atoms with Crippen molar-refractivity contribution in [3.63, 3.8) is 0 Å². The van der Waals surface area contributed by atoms with Crippen LogP contribution in [0.2, 0.25) is 5.02 Å². The van der Waals surface area contributed by atoms with Crippen LogP contribution < -0.4 is 9.62 Å². The molecule has 1 amide bonds. The highest BCUT2D eigenvalue weighted by Gasteiger charge is 2.40. The Morgan fingerprint density at radius 1 is 1.11 bits per heavy atom. The van der Waals surface area contributed by atoms with Gasteiger partial charge in [0.1, 0.15) is 0 Å². The van der Waals surface area contributed by atoms with Crippen LogP contribution in [0.5, 0.6) is 0 Å². The summed E-state index contributed by atoms with van der Waals surface area (Å²) in [6.07, 6.45) is 1.68. The number of hydrogen-bond donors (Lipinski definition) is 1. The molecule has 0 fully saturated rings. The third kappa shape index (κ3) is 3.66. The number of hydrogen-bond acceptors (Lipinski definition) is 3. The quantitative estimate of drug-likeness (QED) is 0.715. The second-order valence-corrected chi connectivity index (χ2v) is 8.75. The van der Waals surface area contributed by atoms with E-state index in [9.17, 15) is 13.2 Å². The van der Waals surface area contributed by atoms with Crippen molar-refractivity contribution in [2.45, 2.75) is 26.7 Å². The fraction of sp³-hybridized carbons (Fsp3) is 0.286. The molecule has 1 aliphatic heterocycles. The van der Waals surface area contributed by atoms with E-state index in [2.05, 4.69) is 5.32 Å². The predicted molar refractivity (Wildman–Crippen MR) is 114 cm³/mol. The Hall–Kier alpha value is -2.31. The van der Waals surface area contributed by atoms with Crippen LogP contribution in [-0.2, 0) is 14.8 Å². The minimum absolute atomic E-state index is 0.213. The third-order valence-electron chi connectivity index (χ3n) is 4.64. The van der Waals surface area contributed by atoms with E-state index in [1.54, 1.807) is 37.3 Å². The normalized spacial score (nSPS) is 15.3. The van der Waals surface area contributed by atoms with E-state index in [0.29, 0.717) is 34.0 Å². The van der Waals surface area contributed by atoms with Gasteiger partial charge in [-0.1, -0.05) is 55.3 Å². The van der Waals surface area contributed by atoms with E-state index in [-0.39, 0.29) is 11.4 Å². The molecule has 0 aliphatic carbocycles. The zero-order chi connectivity index (χ0) is 20.3. The molecule has 0 aromatic heterocycles. The number of nitrogens with zero attached hydrogens (tertiary/aromatic N) is 1. The van der Waals surface area contributed by atoms with E-state index < -0.39 is 15.9 Å². The van der Waals surface area contributed by atoms with Crippen LogP contribution in [0.15, 0.2) is 53.4 Å². The van der Waals surface area contributed by atoms with Gasteiger partial charge < -0.3 is 5.32 Å². The summed E-state index contributed by atoms with van der Waals surface area (Å²) in [6.45, 7) is 4.39. The fourth-order valence-electron chi connectivity index (χ4n) is 3.34. The Labute approximate surface area is 171 Å². The zero-order valence-electron chi connectivity index (χ0n) is 15.9. The van der Waals surface area contributed by atoms with Crippen LogP contribution >= 0.6 is 11.6 Å². The summed E-state index contributed by atoms with van der Waals surface area (Å²) < 4.78 is 28.1. The van der Waals surface area contributed by atoms with E-state index in [1.165, 1.54) is 4.31 Å². The van der Waals surface area contributed by atoms with Gasteiger partial charge in [-0.05, 0) is 37.1 Å². The molecule has 1 N–H and O–H groups in total. The van der Waals surface area contributed by atoms with Crippen molar-refractivity contribution < 1.29 is 13.2 Å². The smallest absolute Gasteiger partial charge is 0.270 e. The van der Waals surface area contributed by atoms with Gasteiger partial charge in [-0.3, -0.25) is 9.10 Å². The largest absolute Gasteiger partial charge is 0.351 e. The minimum Gasteiger partial charge on any atom is -0.351 e. The second kappa shape index (κ2) is 8.37. The summed E-state index contributed by atoms with van der Waals surface area (Å²) in [5, 5.41) is 3.24. The molecular formula is C21H23ClN2O3S. The van der Waals surface area contributed by atoms with Crippen LogP contribution in [0.1, 0.15) is 37.8 Å². The first kappa shape index (κ1) is 20.4. The van der Waals surface area contributed by atoms with Gasteiger partial charge in [0.25, 0.3) is 15.9 Å². The standard InChI is InChI=1S/C21H23ClN2O3S/c1-3-5-13-23-21(25)20-19(15-9-7-6-8-10-15)17-14-16(22)11-12-18(17)24(4-2)28(20,26)27/h6-12,14H,3-5,13H2,1-2H3,(H,23,25). The molecule has 2 aromatic rings. The maximum Gasteiger partial charge on any atom is 0.270 e. The molecule has 1 aliphatic rings. The Bertz CT molecular complexity index is 1020. The Morgan fingerprint density at radius 3 is 2.46 bits per heavy atom. The lowest BCUT2D eigenvalue weighted by atomic mass is 9.95. The van der Waals surface area contributed by atoms with Crippen LogP contribution in [0.4, 0.5) is 5.69 Å². The van der Waals surface area contributed by atoms with Crippen molar-refractivity contribution in [1.29, 1.82) is 0 Å². The molecule has 0 atom stereocenters. The van der Waals surface area contributed by atoms with Crippen molar-refractivity contribution in [1.82, 2.24) is 5.32 Å². The average molecular weight is 419 g/mol. The van der Waals surface area contributed by atoms with Gasteiger partial charge in [0.05, 0.1) is 5.69 Å². The van der Waals surface area contributed by atoms with Gasteiger partial charge >= 0.3 is 0 Å². The number of rotatable bonds is 6. The topological polar surface area (TPSA) is 66.5 Å². The Morgan fingerprint density at radius 2 is 1.82 bits per heavy atom. The van der Waals surface area contributed by atoms with Gasteiger partial charge in [0, 0.05) is 29.2 Å². The van der Waals surface area contributed by atoms with Crippen LogP contribution in [0.25, 0.3) is 5.57 Å². The first-order valence-electron chi connectivity index (χ1n) is 9.32. The maximum absolute atomic E-state index is 13.4. The molecule has 0 radical (unpaired) electrons. The summed E-state index contributed by atoms with van der Waals surface area (Å²) in [5.74, 6) is -0.587. The lowest BCUT2D eigenvalue weighted by Crippen LogP contribution is -2.41. The van der Waals surface area contributed by atoms with E-state index in [4.69, 9.17) is 11.6 Å². The predicted octanol–water partition coefficient (Wildman–Crippen LogP) is 4.19. The van der Waals surface area contributed by atoms with Gasteiger partial charge in [-0.15, -0.1) is 0 Å². The second-order valence-electron chi connectivity index (χ2n) is 6.51. The highest BCUT2D eigenvalue weighted by Crippen LogP contribution is 2.43. The molecule has 0 saturated heterocycles. The average Bonchev–Trinajstić information content (AvgIpc) is 2.67. The van der Waals surface area contributed by atoms with Crippen molar-refractivity contribution in [2.24, 2.45) is 0 Å². The van der Waals surface area contributed by atoms with Gasteiger partial charge in [0.2, 0.25) is 0 Å².